The number of fused-ring (bicyclic) bond motifs is 1. The molecule has 1 aliphatic heterocycles. The lowest BCUT2D eigenvalue weighted by molar-refractivity contribution is -0.124. The second-order valence-corrected chi connectivity index (χ2v) is 8.84. The number of amides is 1. The number of carbonyl (C=O) groups is 1. The van der Waals surface area contributed by atoms with E-state index in [1.54, 1.807) is 0 Å². The number of hydrogen-bond acceptors (Lipinski definition) is 3. The molecule has 1 heterocycles. The third-order valence-corrected chi connectivity index (χ3v) is 6.42. The summed E-state index contributed by atoms with van der Waals surface area (Å²) >= 11 is 3.55. The quantitative estimate of drug-likeness (QED) is 0.539. The Morgan fingerprint density at radius 3 is 2.62 bits per heavy atom. The van der Waals surface area contributed by atoms with Gasteiger partial charge in [-0.1, -0.05) is 52.0 Å². The van der Waals surface area contributed by atoms with Crippen molar-refractivity contribution < 1.29 is 14.3 Å². The Morgan fingerprint density at radius 2 is 1.97 bits per heavy atom. The standard InChI is InChI=1S/C24H30BrNO3/c1-5-24(6-2)14-20(18-9-7-8-10-21(18)29-24)26-23(27)15-28-22-12-11-17(16(3)4)13-19(22)25/h7-13,16,20H,5-6,14-15H2,1-4H3,(H,26,27). The highest BCUT2D eigenvalue weighted by Crippen LogP contribution is 2.42. The number of hydrogen-bond donors (Lipinski definition) is 1. The van der Waals surface area contributed by atoms with Gasteiger partial charge in [0.15, 0.2) is 6.61 Å². The summed E-state index contributed by atoms with van der Waals surface area (Å²) in [5.74, 6) is 1.84. The Hall–Kier alpha value is -2.01. The molecular formula is C24H30BrNO3. The van der Waals surface area contributed by atoms with E-state index in [9.17, 15) is 4.79 Å². The molecule has 3 rings (SSSR count). The van der Waals surface area contributed by atoms with Gasteiger partial charge in [0, 0.05) is 12.0 Å². The molecule has 0 fully saturated rings. The maximum Gasteiger partial charge on any atom is 0.258 e. The minimum Gasteiger partial charge on any atom is -0.487 e. The van der Waals surface area contributed by atoms with Gasteiger partial charge in [-0.25, -0.2) is 0 Å². The molecule has 0 saturated carbocycles. The van der Waals surface area contributed by atoms with Crippen molar-refractivity contribution in [2.45, 2.75) is 64.5 Å². The zero-order valence-corrected chi connectivity index (χ0v) is 19.2. The summed E-state index contributed by atoms with van der Waals surface area (Å²) in [4.78, 5) is 12.7. The van der Waals surface area contributed by atoms with E-state index < -0.39 is 0 Å². The number of rotatable bonds is 7. The number of ether oxygens (including phenoxy) is 2. The maximum absolute atomic E-state index is 12.7. The first-order chi connectivity index (χ1) is 13.9. The molecule has 2 aromatic rings. The van der Waals surface area contributed by atoms with Crippen molar-refractivity contribution in [2.24, 2.45) is 0 Å². The minimum absolute atomic E-state index is 0.0234. The number of carbonyl (C=O) groups excluding carboxylic acids is 1. The van der Waals surface area contributed by atoms with Crippen LogP contribution in [0.1, 0.15) is 70.0 Å². The van der Waals surface area contributed by atoms with Gasteiger partial charge in [0.05, 0.1) is 10.5 Å². The summed E-state index contributed by atoms with van der Waals surface area (Å²) in [6, 6.07) is 13.9. The van der Waals surface area contributed by atoms with E-state index in [-0.39, 0.29) is 24.2 Å². The average Bonchev–Trinajstić information content (AvgIpc) is 2.72. The summed E-state index contributed by atoms with van der Waals surface area (Å²) in [6.07, 6.45) is 2.56. The Bertz CT molecular complexity index is 861. The van der Waals surface area contributed by atoms with E-state index in [0.717, 1.165) is 35.0 Å². The average molecular weight is 460 g/mol. The van der Waals surface area contributed by atoms with Crippen LogP contribution in [-0.4, -0.2) is 18.1 Å². The molecule has 0 spiro atoms. The summed E-state index contributed by atoms with van der Waals surface area (Å²) in [7, 11) is 0. The Balaban J connectivity index is 1.68. The van der Waals surface area contributed by atoms with E-state index >= 15 is 0 Å². The van der Waals surface area contributed by atoms with Crippen LogP contribution in [0.4, 0.5) is 0 Å². The highest BCUT2D eigenvalue weighted by molar-refractivity contribution is 9.10. The highest BCUT2D eigenvalue weighted by atomic mass is 79.9. The van der Waals surface area contributed by atoms with Gasteiger partial charge in [0.2, 0.25) is 0 Å². The normalized spacial score (nSPS) is 17.4. The summed E-state index contributed by atoms with van der Waals surface area (Å²) < 4.78 is 13.0. The van der Waals surface area contributed by atoms with Crippen LogP contribution in [0.2, 0.25) is 0 Å². The van der Waals surface area contributed by atoms with Gasteiger partial charge < -0.3 is 14.8 Å². The molecular weight excluding hydrogens is 430 g/mol. The first-order valence-electron chi connectivity index (χ1n) is 10.4. The fraction of sp³-hybridized carbons (Fsp3) is 0.458. The zero-order chi connectivity index (χ0) is 21.0. The molecule has 2 aromatic carbocycles. The lowest BCUT2D eigenvalue weighted by Crippen LogP contribution is -2.45. The zero-order valence-electron chi connectivity index (χ0n) is 17.6. The SMILES string of the molecule is CCC1(CC)CC(NC(=O)COc2ccc(C(C)C)cc2Br)c2ccccc2O1. The first-order valence-corrected chi connectivity index (χ1v) is 11.2. The molecule has 0 radical (unpaired) electrons. The molecule has 1 amide bonds. The van der Waals surface area contributed by atoms with Crippen molar-refractivity contribution in [3.8, 4) is 11.5 Å². The van der Waals surface area contributed by atoms with Gasteiger partial charge in [-0.2, -0.15) is 0 Å². The summed E-state index contributed by atoms with van der Waals surface area (Å²) in [5.41, 5.74) is 2.01. The Labute approximate surface area is 182 Å². The molecule has 156 valence electrons. The van der Waals surface area contributed by atoms with Crippen LogP contribution in [0.5, 0.6) is 11.5 Å². The van der Waals surface area contributed by atoms with Crippen LogP contribution in [0, 0.1) is 0 Å². The van der Waals surface area contributed by atoms with Gasteiger partial charge in [-0.3, -0.25) is 4.79 Å². The number of nitrogens with one attached hydrogen (secondary N) is 1. The van der Waals surface area contributed by atoms with Crippen LogP contribution in [0.15, 0.2) is 46.9 Å². The third kappa shape index (κ3) is 4.95. The number of para-hydroxylation sites is 1. The van der Waals surface area contributed by atoms with Crippen molar-refractivity contribution in [3.63, 3.8) is 0 Å². The lowest BCUT2D eigenvalue weighted by Gasteiger charge is -2.41. The van der Waals surface area contributed by atoms with Crippen LogP contribution >= 0.6 is 15.9 Å². The summed E-state index contributed by atoms with van der Waals surface area (Å²) in [5, 5.41) is 3.16. The molecule has 4 nitrogen and oxygen atoms in total. The predicted molar refractivity (Wildman–Crippen MR) is 120 cm³/mol. The second kappa shape index (κ2) is 9.21. The lowest BCUT2D eigenvalue weighted by atomic mass is 9.83. The molecule has 0 aliphatic carbocycles. The van der Waals surface area contributed by atoms with Crippen LogP contribution in [-0.2, 0) is 4.79 Å². The molecule has 5 heteroatoms. The van der Waals surface area contributed by atoms with Gasteiger partial charge >= 0.3 is 0 Å². The highest BCUT2D eigenvalue weighted by Gasteiger charge is 2.38. The topological polar surface area (TPSA) is 47.6 Å². The monoisotopic (exact) mass is 459 g/mol. The van der Waals surface area contributed by atoms with Crippen LogP contribution in [0.3, 0.4) is 0 Å². The van der Waals surface area contributed by atoms with Crippen molar-refractivity contribution >= 4 is 21.8 Å². The van der Waals surface area contributed by atoms with Gasteiger partial charge in [0.1, 0.15) is 17.1 Å². The molecule has 1 N–H and O–H groups in total. The van der Waals surface area contributed by atoms with E-state index in [1.807, 2.05) is 42.5 Å². The minimum atomic E-state index is -0.247. The number of benzene rings is 2. The fourth-order valence-corrected chi connectivity index (χ4v) is 4.31. The largest absolute Gasteiger partial charge is 0.487 e. The molecule has 1 aliphatic rings. The molecule has 29 heavy (non-hydrogen) atoms. The molecule has 0 saturated heterocycles. The molecule has 0 aromatic heterocycles. The molecule has 1 atom stereocenters. The van der Waals surface area contributed by atoms with Crippen LogP contribution < -0.4 is 14.8 Å². The van der Waals surface area contributed by atoms with Crippen molar-refractivity contribution in [2.75, 3.05) is 6.61 Å². The smallest absolute Gasteiger partial charge is 0.258 e. The van der Waals surface area contributed by atoms with Gasteiger partial charge in [-0.05, 0) is 58.5 Å². The molecule has 1 unspecified atom stereocenters. The van der Waals surface area contributed by atoms with E-state index in [2.05, 4.69) is 48.9 Å². The van der Waals surface area contributed by atoms with E-state index in [0.29, 0.717) is 11.7 Å². The Kier molecular flexibility index (Phi) is 6.89. The Morgan fingerprint density at radius 1 is 1.24 bits per heavy atom. The second-order valence-electron chi connectivity index (χ2n) is 7.99. The van der Waals surface area contributed by atoms with Crippen molar-refractivity contribution in [1.82, 2.24) is 5.32 Å². The number of halogens is 1. The fourth-order valence-electron chi connectivity index (χ4n) is 3.80. The van der Waals surface area contributed by atoms with E-state index in [4.69, 9.17) is 9.47 Å². The van der Waals surface area contributed by atoms with E-state index in [1.165, 1.54) is 5.56 Å². The predicted octanol–water partition coefficient (Wildman–Crippen LogP) is 6.15. The van der Waals surface area contributed by atoms with Crippen LogP contribution in [0.25, 0.3) is 0 Å². The molecule has 0 bridgehead atoms. The van der Waals surface area contributed by atoms with Crippen molar-refractivity contribution in [1.29, 1.82) is 0 Å². The third-order valence-electron chi connectivity index (χ3n) is 5.80. The van der Waals surface area contributed by atoms with Gasteiger partial charge in [-0.15, -0.1) is 0 Å². The maximum atomic E-state index is 12.7. The van der Waals surface area contributed by atoms with Gasteiger partial charge in [0.25, 0.3) is 5.91 Å². The summed E-state index contributed by atoms with van der Waals surface area (Å²) in [6.45, 7) is 8.54. The first kappa shape index (κ1) is 21.7. The van der Waals surface area contributed by atoms with Crippen molar-refractivity contribution in [3.05, 3.63) is 58.1 Å².